The van der Waals surface area contributed by atoms with Gasteiger partial charge in [0.25, 0.3) is 0 Å². The fourth-order valence-corrected chi connectivity index (χ4v) is 2.96. The summed E-state index contributed by atoms with van der Waals surface area (Å²) < 4.78 is 5.81. The molecule has 1 aromatic carbocycles. The van der Waals surface area contributed by atoms with Crippen molar-refractivity contribution in [1.82, 2.24) is 4.90 Å². The highest BCUT2D eigenvalue weighted by Crippen LogP contribution is 2.32. The van der Waals surface area contributed by atoms with E-state index in [1.165, 1.54) is 16.5 Å². The van der Waals surface area contributed by atoms with Gasteiger partial charge in [0.15, 0.2) is 0 Å². The Bertz CT molecular complexity index is 606. The van der Waals surface area contributed by atoms with E-state index in [1.807, 2.05) is 11.8 Å². The number of benzene rings is 1. The van der Waals surface area contributed by atoms with Crippen LogP contribution in [0, 0.1) is 13.8 Å². The molecule has 1 aromatic heterocycles. The van der Waals surface area contributed by atoms with Crippen molar-refractivity contribution in [1.29, 1.82) is 0 Å². The van der Waals surface area contributed by atoms with E-state index in [9.17, 15) is 4.79 Å². The summed E-state index contributed by atoms with van der Waals surface area (Å²) in [6.45, 7) is 5.84. The molecule has 0 aliphatic carbocycles. The summed E-state index contributed by atoms with van der Waals surface area (Å²) in [5, 5.41) is 1.21. The zero-order chi connectivity index (χ0) is 13.4. The zero-order valence-corrected chi connectivity index (χ0v) is 11.5. The second kappa shape index (κ2) is 4.72. The number of carbonyl (C=O) groups excluding carboxylic acids is 1. The highest BCUT2D eigenvalue weighted by Gasteiger charge is 2.20. The van der Waals surface area contributed by atoms with E-state index in [2.05, 4.69) is 25.1 Å². The second-order valence-electron chi connectivity index (χ2n) is 5.45. The first kappa shape index (κ1) is 12.3. The molecule has 1 saturated heterocycles. The van der Waals surface area contributed by atoms with E-state index in [4.69, 9.17) is 4.42 Å². The number of rotatable bonds is 2. The van der Waals surface area contributed by atoms with Crippen LogP contribution in [0.2, 0.25) is 0 Å². The van der Waals surface area contributed by atoms with Gasteiger partial charge in [-0.05, 0) is 49.8 Å². The van der Waals surface area contributed by atoms with Gasteiger partial charge in [0, 0.05) is 18.5 Å². The van der Waals surface area contributed by atoms with E-state index in [1.54, 1.807) is 0 Å². The van der Waals surface area contributed by atoms with Gasteiger partial charge in [-0.25, -0.2) is 0 Å². The Balaban J connectivity index is 1.87. The highest BCUT2D eigenvalue weighted by molar-refractivity contribution is 5.82. The molecule has 2 heterocycles. The average Bonchev–Trinajstić information content (AvgIpc) is 2.74. The van der Waals surface area contributed by atoms with E-state index in [-0.39, 0.29) is 0 Å². The van der Waals surface area contributed by atoms with Crippen LogP contribution >= 0.6 is 0 Å². The summed E-state index contributed by atoms with van der Waals surface area (Å²) >= 11 is 0. The van der Waals surface area contributed by atoms with Gasteiger partial charge in [-0.2, -0.15) is 0 Å². The van der Waals surface area contributed by atoms with Gasteiger partial charge in [0.05, 0.1) is 0 Å². The molecule has 0 radical (unpaired) electrons. The van der Waals surface area contributed by atoms with Crippen LogP contribution in [0.1, 0.15) is 35.6 Å². The van der Waals surface area contributed by atoms with Crippen LogP contribution in [0.25, 0.3) is 11.0 Å². The zero-order valence-electron chi connectivity index (χ0n) is 11.5. The van der Waals surface area contributed by atoms with E-state index in [0.29, 0.717) is 5.92 Å². The minimum atomic E-state index is 0.548. The minimum Gasteiger partial charge on any atom is -0.461 e. The Kier molecular flexibility index (Phi) is 3.05. The number of hydrogen-bond donors (Lipinski definition) is 0. The number of fused-ring (bicyclic) bond motifs is 1. The predicted octanol–water partition coefficient (Wildman–Crippen LogP) is 3.39. The SMILES string of the molecule is Cc1oc2cc(C3CCN(C=O)CC3)ccc2c1C. The monoisotopic (exact) mass is 257 g/mol. The lowest BCUT2D eigenvalue weighted by Gasteiger charge is -2.29. The standard InChI is InChI=1S/C16H19NO2/c1-11-12(2)19-16-9-14(3-4-15(11)16)13-5-7-17(10-18)8-6-13/h3-4,9-10,13H,5-8H2,1-2H3. The third-order valence-corrected chi connectivity index (χ3v) is 4.35. The van der Waals surface area contributed by atoms with Crippen LogP contribution in [0.5, 0.6) is 0 Å². The fourth-order valence-electron chi connectivity index (χ4n) is 2.96. The molecule has 1 aliphatic rings. The van der Waals surface area contributed by atoms with Gasteiger partial charge in [-0.1, -0.05) is 12.1 Å². The minimum absolute atomic E-state index is 0.548. The molecule has 3 rings (SSSR count). The maximum absolute atomic E-state index is 10.7. The van der Waals surface area contributed by atoms with Crippen molar-refractivity contribution in [3.63, 3.8) is 0 Å². The lowest BCUT2D eigenvalue weighted by molar-refractivity contribution is -0.119. The number of furan rings is 1. The van der Waals surface area contributed by atoms with Crippen LogP contribution in [0.15, 0.2) is 22.6 Å². The van der Waals surface area contributed by atoms with Crippen LogP contribution in [0.3, 0.4) is 0 Å². The number of amides is 1. The number of aryl methyl sites for hydroxylation is 2. The van der Waals surface area contributed by atoms with Crippen molar-refractivity contribution in [3.05, 3.63) is 35.1 Å². The number of likely N-dealkylation sites (tertiary alicyclic amines) is 1. The number of nitrogens with zero attached hydrogens (tertiary/aromatic N) is 1. The van der Waals surface area contributed by atoms with Gasteiger partial charge in [-0.3, -0.25) is 4.79 Å². The first-order chi connectivity index (χ1) is 9.19. The van der Waals surface area contributed by atoms with E-state index >= 15 is 0 Å². The van der Waals surface area contributed by atoms with Crippen molar-refractivity contribution in [3.8, 4) is 0 Å². The van der Waals surface area contributed by atoms with Gasteiger partial charge in [0.2, 0.25) is 6.41 Å². The number of hydrogen-bond acceptors (Lipinski definition) is 2. The summed E-state index contributed by atoms with van der Waals surface area (Å²) in [4.78, 5) is 12.6. The third kappa shape index (κ3) is 2.14. The summed E-state index contributed by atoms with van der Waals surface area (Å²) in [5.74, 6) is 1.55. The summed E-state index contributed by atoms with van der Waals surface area (Å²) in [6.07, 6.45) is 3.05. The normalized spacial score (nSPS) is 17.1. The van der Waals surface area contributed by atoms with Crippen LogP contribution < -0.4 is 0 Å². The Morgan fingerprint density at radius 3 is 2.68 bits per heavy atom. The molecule has 3 heteroatoms. The number of carbonyl (C=O) groups is 1. The molecule has 100 valence electrons. The smallest absolute Gasteiger partial charge is 0.209 e. The second-order valence-corrected chi connectivity index (χ2v) is 5.45. The Morgan fingerprint density at radius 2 is 2.00 bits per heavy atom. The number of piperidine rings is 1. The molecule has 19 heavy (non-hydrogen) atoms. The molecule has 1 fully saturated rings. The first-order valence-corrected chi connectivity index (χ1v) is 6.88. The summed E-state index contributed by atoms with van der Waals surface area (Å²) in [6, 6.07) is 6.56. The summed E-state index contributed by atoms with van der Waals surface area (Å²) in [7, 11) is 0. The van der Waals surface area contributed by atoms with Crippen LogP contribution in [0.4, 0.5) is 0 Å². The van der Waals surface area contributed by atoms with Crippen molar-refractivity contribution in [2.75, 3.05) is 13.1 Å². The molecule has 0 N–H and O–H groups in total. The lowest BCUT2D eigenvalue weighted by Crippen LogP contribution is -2.31. The molecule has 0 spiro atoms. The molecule has 0 bridgehead atoms. The molecular formula is C16H19NO2. The molecule has 0 saturated carbocycles. The van der Waals surface area contributed by atoms with E-state index in [0.717, 1.165) is 43.7 Å². The molecule has 0 atom stereocenters. The molecule has 0 unspecified atom stereocenters. The quantitative estimate of drug-likeness (QED) is 0.773. The Labute approximate surface area is 113 Å². The van der Waals surface area contributed by atoms with Crippen molar-refractivity contribution >= 4 is 17.4 Å². The third-order valence-electron chi connectivity index (χ3n) is 4.35. The highest BCUT2D eigenvalue weighted by atomic mass is 16.3. The Morgan fingerprint density at radius 1 is 1.26 bits per heavy atom. The summed E-state index contributed by atoms with van der Waals surface area (Å²) in [5.41, 5.74) is 3.56. The maximum atomic E-state index is 10.7. The predicted molar refractivity (Wildman–Crippen MR) is 75.3 cm³/mol. The molecule has 1 aliphatic heterocycles. The Hall–Kier alpha value is -1.77. The van der Waals surface area contributed by atoms with E-state index < -0.39 is 0 Å². The van der Waals surface area contributed by atoms with Crippen LogP contribution in [-0.4, -0.2) is 24.4 Å². The van der Waals surface area contributed by atoms with Gasteiger partial charge in [-0.15, -0.1) is 0 Å². The maximum Gasteiger partial charge on any atom is 0.209 e. The van der Waals surface area contributed by atoms with Gasteiger partial charge < -0.3 is 9.32 Å². The first-order valence-electron chi connectivity index (χ1n) is 6.88. The average molecular weight is 257 g/mol. The molecule has 1 amide bonds. The largest absolute Gasteiger partial charge is 0.461 e. The topological polar surface area (TPSA) is 33.5 Å². The van der Waals surface area contributed by atoms with Crippen LogP contribution in [-0.2, 0) is 4.79 Å². The van der Waals surface area contributed by atoms with Gasteiger partial charge in [0.1, 0.15) is 11.3 Å². The van der Waals surface area contributed by atoms with Crippen molar-refractivity contribution in [2.45, 2.75) is 32.6 Å². The van der Waals surface area contributed by atoms with Crippen molar-refractivity contribution < 1.29 is 9.21 Å². The lowest BCUT2D eigenvalue weighted by atomic mass is 9.89. The van der Waals surface area contributed by atoms with Gasteiger partial charge >= 0.3 is 0 Å². The molecule has 3 nitrogen and oxygen atoms in total. The molecular weight excluding hydrogens is 238 g/mol. The van der Waals surface area contributed by atoms with Crippen molar-refractivity contribution in [2.24, 2.45) is 0 Å². The fraction of sp³-hybridized carbons (Fsp3) is 0.438. The molecule has 2 aromatic rings.